The van der Waals surface area contributed by atoms with Gasteiger partial charge < -0.3 is 16.4 Å². The Hall–Kier alpha value is -2.25. The molecule has 0 radical (unpaired) electrons. The van der Waals surface area contributed by atoms with E-state index < -0.39 is 0 Å². The van der Waals surface area contributed by atoms with Crippen molar-refractivity contribution < 1.29 is 9.59 Å². The molecule has 0 atom stereocenters. The van der Waals surface area contributed by atoms with Gasteiger partial charge in [-0.15, -0.1) is 11.3 Å². The lowest BCUT2D eigenvalue weighted by molar-refractivity contribution is -0.116. The summed E-state index contributed by atoms with van der Waals surface area (Å²) >= 11 is 1.44. The molecule has 0 bridgehead atoms. The molecule has 0 unspecified atom stereocenters. The van der Waals surface area contributed by atoms with Crippen molar-refractivity contribution in [2.24, 2.45) is 5.73 Å². The number of nitrogens with zero attached hydrogens (tertiary/aromatic N) is 1. The van der Waals surface area contributed by atoms with Crippen LogP contribution in [0.1, 0.15) is 33.9 Å². The van der Waals surface area contributed by atoms with Gasteiger partial charge in [0, 0.05) is 29.6 Å². The second kappa shape index (κ2) is 6.89. The zero-order valence-corrected chi connectivity index (χ0v) is 13.4. The van der Waals surface area contributed by atoms with E-state index in [1.165, 1.54) is 11.3 Å². The summed E-state index contributed by atoms with van der Waals surface area (Å²) in [6, 6.07) is 5.52. The normalized spacial score (nSPS) is 13.9. The first-order valence-corrected chi connectivity index (χ1v) is 8.42. The standard InChI is InChI=1S/C16H18N4O2S/c17-7-6-15-20-13(9-23-15)16(22)18-11-4-5-12-10(8-11)2-1-3-14(21)19-12/h4-5,8-9H,1-3,6-7,17H2,(H,18,22)(H,19,21). The highest BCUT2D eigenvalue weighted by atomic mass is 32.1. The molecule has 2 aromatic rings. The first-order valence-electron chi connectivity index (χ1n) is 7.54. The third kappa shape index (κ3) is 3.75. The topological polar surface area (TPSA) is 97.1 Å². The Morgan fingerprint density at radius 2 is 2.26 bits per heavy atom. The van der Waals surface area contributed by atoms with Crippen molar-refractivity contribution in [3.63, 3.8) is 0 Å². The summed E-state index contributed by atoms with van der Waals surface area (Å²) in [7, 11) is 0. The SMILES string of the molecule is NCCc1nc(C(=O)Nc2ccc3c(c2)CCCC(=O)N3)cs1. The van der Waals surface area contributed by atoms with Gasteiger partial charge in [-0.2, -0.15) is 0 Å². The summed E-state index contributed by atoms with van der Waals surface area (Å²) in [5.74, 6) is -0.197. The van der Waals surface area contributed by atoms with Gasteiger partial charge in [-0.1, -0.05) is 0 Å². The lowest BCUT2D eigenvalue weighted by atomic mass is 10.1. The Morgan fingerprint density at radius 3 is 3.09 bits per heavy atom. The van der Waals surface area contributed by atoms with E-state index >= 15 is 0 Å². The van der Waals surface area contributed by atoms with Gasteiger partial charge in [0.25, 0.3) is 5.91 Å². The number of aromatic nitrogens is 1. The summed E-state index contributed by atoms with van der Waals surface area (Å²) in [5.41, 5.74) is 8.47. The first-order chi connectivity index (χ1) is 11.2. The Morgan fingerprint density at radius 1 is 1.39 bits per heavy atom. The van der Waals surface area contributed by atoms with Gasteiger partial charge in [-0.05, 0) is 43.1 Å². The largest absolute Gasteiger partial charge is 0.330 e. The van der Waals surface area contributed by atoms with E-state index in [-0.39, 0.29) is 11.8 Å². The van der Waals surface area contributed by atoms with Crippen LogP contribution in [-0.4, -0.2) is 23.3 Å². The quantitative estimate of drug-likeness (QED) is 0.800. The minimum atomic E-state index is -0.234. The Labute approximate surface area is 138 Å². The van der Waals surface area contributed by atoms with E-state index in [0.717, 1.165) is 29.1 Å². The predicted molar refractivity (Wildman–Crippen MR) is 90.8 cm³/mol. The second-order valence-electron chi connectivity index (χ2n) is 5.39. The fourth-order valence-electron chi connectivity index (χ4n) is 2.50. The molecule has 1 aliphatic rings. The lowest BCUT2D eigenvalue weighted by Gasteiger charge is -2.10. The number of fused-ring (bicyclic) bond motifs is 1. The van der Waals surface area contributed by atoms with E-state index in [1.54, 1.807) is 11.4 Å². The van der Waals surface area contributed by atoms with Crippen molar-refractivity contribution in [1.82, 2.24) is 4.98 Å². The Bertz CT molecular complexity index is 741. The van der Waals surface area contributed by atoms with E-state index in [1.807, 2.05) is 12.1 Å². The molecule has 23 heavy (non-hydrogen) atoms. The highest BCUT2D eigenvalue weighted by Gasteiger charge is 2.15. The summed E-state index contributed by atoms with van der Waals surface area (Å²) in [6.07, 6.45) is 2.83. The number of nitrogens with two attached hydrogens (primary N) is 1. The average Bonchev–Trinajstić information content (AvgIpc) is 2.91. The number of aryl methyl sites for hydroxylation is 1. The van der Waals surface area contributed by atoms with Gasteiger partial charge in [-0.25, -0.2) is 4.98 Å². The fourth-order valence-corrected chi connectivity index (χ4v) is 3.30. The number of hydrogen-bond acceptors (Lipinski definition) is 5. The van der Waals surface area contributed by atoms with Crippen LogP contribution in [0.4, 0.5) is 11.4 Å². The van der Waals surface area contributed by atoms with Crippen molar-refractivity contribution >= 4 is 34.5 Å². The monoisotopic (exact) mass is 330 g/mol. The average molecular weight is 330 g/mol. The maximum atomic E-state index is 12.3. The van der Waals surface area contributed by atoms with Crippen LogP contribution >= 0.6 is 11.3 Å². The van der Waals surface area contributed by atoms with E-state index in [0.29, 0.717) is 30.8 Å². The number of rotatable bonds is 4. The van der Waals surface area contributed by atoms with Gasteiger partial charge in [-0.3, -0.25) is 9.59 Å². The maximum absolute atomic E-state index is 12.3. The van der Waals surface area contributed by atoms with Crippen LogP contribution in [0.25, 0.3) is 0 Å². The van der Waals surface area contributed by atoms with Gasteiger partial charge in [0.1, 0.15) is 5.69 Å². The summed E-state index contributed by atoms with van der Waals surface area (Å²) in [4.78, 5) is 28.1. The van der Waals surface area contributed by atoms with E-state index in [2.05, 4.69) is 15.6 Å². The molecule has 7 heteroatoms. The van der Waals surface area contributed by atoms with Crippen LogP contribution < -0.4 is 16.4 Å². The Balaban J connectivity index is 1.73. The minimum absolute atomic E-state index is 0.0374. The minimum Gasteiger partial charge on any atom is -0.330 e. The molecule has 0 spiro atoms. The van der Waals surface area contributed by atoms with Gasteiger partial charge >= 0.3 is 0 Å². The molecule has 0 aliphatic carbocycles. The van der Waals surface area contributed by atoms with Crippen LogP contribution in [0.3, 0.4) is 0 Å². The number of hydrogen-bond donors (Lipinski definition) is 3. The predicted octanol–water partition coefficient (Wildman–Crippen LogP) is 2.17. The molecule has 0 fully saturated rings. The zero-order valence-electron chi connectivity index (χ0n) is 12.6. The van der Waals surface area contributed by atoms with Crippen LogP contribution in [0.5, 0.6) is 0 Å². The summed E-state index contributed by atoms with van der Waals surface area (Å²) < 4.78 is 0. The van der Waals surface area contributed by atoms with Crippen molar-refractivity contribution in [3.05, 3.63) is 39.8 Å². The van der Waals surface area contributed by atoms with Gasteiger partial charge in [0.2, 0.25) is 5.91 Å². The number of carbonyl (C=O) groups is 2. The fraction of sp³-hybridized carbons (Fsp3) is 0.312. The summed E-state index contributed by atoms with van der Waals surface area (Å²) in [6.45, 7) is 0.519. The van der Waals surface area contributed by atoms with Crippen LogP contribution in [0.2, 0.25) is 0 Å². The number of carbonyl (C=O) groups excluding carboxylic acids is 2. The van der Waals surface area contributed by atoms with Crippen molar-refractivity contribution in [2.75, 3.05) is 17.2 Å². The molecule has 3 rings (SSSR count). The first kappa shape index (κ1) is 15.6. The molecule has 2 amide bonds. The molecular weight excluding hydrogens is 312 g/mol. The zero-order chi connectivity index (χ0) is 16.2. The highest BCUT2D eigenvalue weighted by Crippen LogP contribution is 2.25. The van der Waals surface area contributed by atoms with Crippen LogP contribution in [-0.2, 0) is 17.6 Å². The lowest BCUT2D eigenvalue weighted by Crippen LogP contribution is -2.13. The van der Waals surface area contributed by atoms with E-state index in [4.69, 9.17) is 5.73 Å². The Kier molecular flexibility index (Phi) is 4.68. The number of nitrogens with one attached hydrogen (secondary N) is 2. The van der Waals surface area contributed by atoms with Gasteiger partial charge in [0.15, 0.2) is 0 Å². The third-order valence-electron chi connectivity index (χ3n) is 3.63. The second-order valence-corrected chi connectivity index (χ2v) is 6.34. The number of amides is 2. The molecule has 1 aliphatic heterocycles. The molecule has 0 saturated carbocycles. The number of anilines is 2. The molecule has 120 valence electrons. The van der Waals surface area contributed by atoms with Crippen molar-refractivity contribution in [2.45, 2.75) is 25.7 Å². The number of benzene rings is 1. The highest BCUT2D eigenvalue weighted by molar-refractivity contribution is 7.09. The van der Waals surface area contributed by atoms with Gasteiger partial charge in [0.05, 0.1) is 5.01 Å². The van der Waals surface area contributed by atoms with Crippen molar-refractivity contribution in [1.29, 1.82) is 0 Å². The maximum Gasteiger partial charge on any atom is 0.275 e. The molecular formula is C16H18N4O2S. The third-order valence-corrected chi connectivity index (χ3v) is 4.54. The molecule has 2 heterocycles. The molecule has 1 aromatic carbocycles. The van der Waals surface area contributed by atoms with E-state index in [9.17, 15) is 9.59 Å². The van der Waals surface area contributed by atoms with Crippen LogP contribution in [0.15, 0.2) is 23.6 Å². The molecule has 6 nitrogen and oxygen atoms in total. The smallest absolute Gasteiger partial charge is 0.275 e. The number of thiazole rings is 1. The van der Waals surface area contributed by atoms with Crippen molar-refractivity contribution in [3.8, 4) is 0 Å². The molecule has 1 aromatic heterocycles. The van der Waals surface area contributed by atoms with Crippen LogP contribution in [0, 0.1) is 0 Å². The molecule has 0 saturated heterocycles. The summed E-state index contributed by atoms with van der Waals surface area (Å²) in [5, 5.41) is 8.34. The molecule has 4 N–H and O–H groups in total.